The lowest BCUT2D eigenvalue weighted by atomic mass is 10.0. The number of carbonyl (C=O) groups is 1. The van der Waals surface area contributed by atoms with Crippen LogP contribution in [0.25, 0.3) is 0 Å². The zero-order valence-corrected chi connectivity index (χ0v) is 12.1. The highest BCUT2D eigenvalue weighted by atomic mass is 16.4. The van der Waals surface area contributed by atoms with E-state index in [1.165, 1.54) is 5.56 Å². The number of carboxylic acid groups (broad SMARTS) is 1. The summed E-state index contributed by atoms with van der Waals surface area (Å²) < 4.78 is 0. The van der Waals surface area contributed by atoms with E-state index in [1.807, 2.05) is 43.3 Å². The molecule has 4 nitrogen and oxygen atoms in total. The molecule has 1 aromatic heterocycles. The Bertz CT molecular complexity index is 584. The van der Waals surface area contributed by atoms with Gasteiger partial charge in [0.15, 0.2) is 0 Å². The van der Waals surface area contributed by atoms with Gasteiger partial charge in [0, 0.05) is 18.2 Å². The minimum Gasteiger partial charge on any atom is -0.481 e. The normalized spacial score (nSPS) is 11.9. The van der Waals surface area contributed by atoms with Gasteiger partial charge in [0.25, 0.3) is 0 Å². The summed E-state index contributed by atoms with van der Waals surface area (Å²) in [4.78, 5) is 15.2. The van der Waals surface area contributed by atoms with Crippen LogP contribution in [-0.4, -0.2) is 22.1 Å². The molecule has 2 N–H and O–H groups in total. The number of carboxylic acids is 1. The first kappa shape index (κ1) is 15.0. The number of anilines is 1. The molecule has 1 unspecified atom stereocenters. The number of rotatable bonds is 7. The fourth-order valence-electron chi connectivity index (χ4n) is 2.25. The first-order chi connectivity index (χ1) is 10.1. The Morgan fingerprint density at radius 3 is 2.62 bits per heavy atom. The monoisotopic (exact) mass is 284 g/mol. The summed E-state index contributed by atoms with van der Waals surface area (Å²) >= 11 is 0. The van der Waals surface area contributed by atoms with Crippen molar-refractivity contribution in [3.63, 3.8) is 0 Å². The summed E-state index contributed by atoms with van der Waals surface area (Å²) in [5.41, 5.74) is 2.13. The first-order valence-corrected chi connectivity index (χ1v) is 7.09. The molecule has 1 heterocycles. The zero-order chi connectivity index (χ0) is 15.1. The molecule has 0 aliphatic rings. The van der Waals surface area contributed by atoms with Crippen LogP contribution in [0.15, 0.2) is 48.5 Å². The Morgan fingerprint density at radius 2 is 1.95 bits per heavy atom. The fraction of sp³-hybridized carbons (Fsp3) is 0.294. The summed E-state index contributed by atoms with van der Waals surface area (Å²) in [6.45, 7) is 1.94. The van der Waals surface area contributed by atoms with E-state index in [0.29, 0.717) is 6.42 Å². The number of aryl methyl sites for hydroxylation is 1. The Hall–Kier alpha value is -2.36. The lowest BCUT2D eigenvalue weighted by Crippen LogP contribution is -2.24. The Kier molecular flexibility index (Phi) is 5.32. The van der Waals surface area contributed by atoms with E-state index in [9.17, 15) is 4.79 Å². The second kappa shape index (κ2) is 7.43. The van der Waals surface area contributed by atoms with Crippen LogP contribution in [0, 0.1) is 6.92 Å². The Labute approximate surface area is 124 Å². The summed E-state index contributed by atoms with van der Waals surface area (Å²) in [7, 11) is 0. The minimum atomic E-state index is -0.771. The average molecular weight is 284 g/mol. The van der Waals surface area contributed by atoms with E-state index >= 15 is 0 Å². The minimum absolute atomic E-state index is 0.0535. The van der Waals surface area contributed by atoms with Crippen molar-refractivity contribution >= 4 is 11.8 Å². The number of benzene rings is 1. The molecule has 0 aliphatic carbocycles. The summed E-state index contributed by atoms with van der Waals surface area (Å²) in [5, 5.41) is 12.2. The van der Waals surface area contributed by atoms with Gasteiger partial charge in [-0.05, 0) is 37.5 Å². The highest BCUT2D eigenvalue weighted by Gasteiger charge is 2.12. The lowest BCUT2D eigenvalue weighted by Gasteiger charge is -2.19. The average Bonchev–Trinajstić information content (AvgIpc) is 2.46. The molecule has 110 valence electrons. The number of aliphatic carboxylic acids is 1. The number of hydrogen-bond donors (Lipinski definition) is 2. The molecule has 2 aromatic rings. The van der Waals surface area contributed by atoms with Crippen LogP contribution in [-0.2, 0) is 11.2 Å². The van der Waals surface area contributed by atoms with Crippen LogP contribution in [0.3, 0.4) is 0 Å². The molecule has 21 heavy (non-hydrogen) atoms. The zero-order valence-electron chi connectivity index (χ0n) is 12.1. The van der Waals surface area contributed by atoms with Crippen LogP contribution < -0.4 is 5.32 Å². The van der Waals surface area contributed by atoms with E-state index in [-0.39, 0.29) is 12.5 Å². The molecular weight excluding hydrogens is 264 g/mol. The largest absolute Gasteiger partial charge is 0.481 e. The second-order valence-electron chi connectivity index (χ2n) is 5.13. The van der Waals surface area contributed by atoms with Crippen molar-refractivity contribution in [1.82, 2.24) is 4.98 Å². The predicted octanol–water partition coefficient (Wildman–Crippen LogP) is 3.28. The fourth-order valence-corrected chi connectivity index (χ4v) is 2.25. The van der Waals surface area contributed by atoms with Crippen molar-refractivity contribution in [2.75, 3.05) is 5.32 Å². The van der Waals surface area contributed by atoms with Gasteiger partial charge in [-0.25, -0.2) is 4.98 Å². The molecular formula is C17H20N2O2. The molecule has 0 saturated carbocycles. The maximum absolute atomic E-state index is 10.8. The Balaban J connectivity index is 2.06. The topological polar surface area (TPSA) is 62.2 Å². The van der Waals surface area contributed by atoms with Gasteiger partial charge in [-0.3, -0.25) is 4.79 Å². The summed E-state index contributed by atoms with van der Waals surface area (Å²) in [5.74, 6) is 0.0217. The number of nitrogens with zero attached hydrogens (tertiary/aromatic N) is 1. The molecule has 0 aliphatic heterocycles. The van der Waals surface area contributed by atoms with Gasteiger partial charge in [-0.2, -0.15) is 0 Å². The number of hydrogen-bond acceptors (Lipinski definition) is 3. The lowest BCUT2D eigenvalue weighted by molar-refractivity contribution is -0.137. The molecule has 4 heteroatoms. The van der Waals surface area contributed by atoms with Gasteiger partial charge in [-0.1, -0.05) is 36.4 Å². The van der Waals surface area contributed by atoms with Crippen molar-refractivity contribution in [2.45, 2.75) is 32.2 Å². The molecule has 1 aromatic carbocycles. The maximum Gasteiger partial charge on any atom is 0.303 e. The third-order valence-electron chi connectivity index (χ3n) is 3.27. The SMILES string of the molecule is Cc1cccc(NC(CCC(=O)O)Cc2ccccc2)n1. The molecule has 0 saturated heterocycles. The van der Waals surface area contributed by atoms with Gasteiger partial charge in [0.1, 0.15) is 5.82 Å². The number of pyridine rings is 1. The van der Waals surface area contributed by atoms with Crippen molar-refractivity contribution in [1.29, 1.82) is 0 Å². The van der Waals surface area contributed by atoms with E-state index < -0.39 is 5.97 Å². The highest BCUT2D eigenvalue weighted by molar-refractivity contribution is 5.66. The van der Waals surface area contributed by atoms with Crippen LogP contribution in [0.2, 0.25) is 0 Å². The second-order valence-corrected chi connectivity index (χ2v) is 5.13. The van der Waals surface area contributed by atoms with E-state index in [2.05, 4.69) is 22.4 Å². The van der Waals surface area contributed by atoms with E-state index in [0.717, 1.165) is 17.9 Å². The standard InChI is InChI=1S/C17H20N2O2/c1-13-6-5-9-16(18-13)19-15(10-11-17(20)21)12-14-7-3-2-4-8-14/h2-9,15H,10-12H2,1H3,(H,18,19)(H,20,21). The van der Waals surface area contributed by atoms with Gasteiger partial charge >= 0.3 is 5.97 Å². The van der Waals surface area contributed by atoms with Gasteiger partial charge < -0.3 is 10.4 Å². The molecule has 0 fully saturated rings. The van der Waals surface area contributed by atoms with Gasteiger partial charge in [0.2, 0.25) is 0 Å². The predicted molar refractivity (Wildman–Crippen MR) is 83.4 cm³/mol. The summed E-state index contributed by atoms with van der Waals surface area (Å²) in [6, 6.07) is 15.9. The van der Waals surface area contributed by atoms with E-state index in [4.69, 9.17) is 5.11 Å². The molecule has 0 amide bonds. The van der Waals surface area contributed by atoms with Crippen molar-refractivity contribution in [3.8, 4) is 0 Å². The number of aromatic nitrogens is 1. The van der Waals surface area contributed by atoms with Crippen molar-refractivity contribution in [3.05, 3.63) is 59.8 Å². The van der Waals surface area contributed by atoms with Crippen LogP contribution in [0.5, 0.6) is 0 Å². The van der Waals surface area contributed by atoms with Gasteiger partial charge in [-0.15, -0.1) is 0 Å². The Morgan fingerprint density at radius 1 is 1.19 bits per heavy atom. The molecule has 0 bridgehead atoms. The van der Waals surface area contributed by atoms with Crippen LogP contribution >= 0.6 is 0 Å². The molecule has 1 atom stereocenters. The van der Waals surface area contributed by atoms with Crippen LogP contribution in [0.4, 0.5) is 5.82 Å². The highest BCUT2D eigenvalue weighted by Crippen LogP contribution is 2.13. The first-order valence-electron chi connectivity index (χ1n) is 7.09. The van der Waals surface area contributed by atoms with Crippen LogP contribution in [0.1, 0.15) is 24.1 Å². The van der Waals surface area contributed by atoms with Gasteiger partial charge in [0.05, 0.1) is 0 Å². The quantitative estimate of drug-likeness (QED) is 0.819. The smallest absolute Gasteiger partial charge is 0.303 e. The number of nitrogens with one attached hydrogen (secondary N) is 1. The maximum atomic E-state index is 10.8. The molecule has 2 rings (SSSR count). The van der Waals surface area contributed by atoms with E-state index in [1.54, 1.807) is 0 Å². The third-order valence-corrected chi connectivity index (χ3v) is 3.27. The van der Waals surface area contributed by atoms with Crippen molar-refractivity contribution in [2.24, 2.45) is 0 Å². The van der Waals surface area contributed by atoms with Crippen molar-refractivity contribution < 1.29 is 9.90 Å². The summed E-state index contributed by atoms with van der Waals surface area (Å²) in [6.07, 6.45) is 1.50. The third kappa shape index (κ3) is 5.26. The molecule has 0 spiro atoms. The molecule has 0 radical (unpaired) electrons.